The van der Waals surface area contributed by atoms with Gasteiger partial charge in [-0.1, -0.05) is 48.0 Å². The number of benzene rings is 2. The SMILES string of the molecule is CNCc1ccc(Cl)cc1N(C)Cc1ccccc1. The normalized spacial score (nSPS) is 10.5. The molecule has 100 valence electrons. The van der Waals surface area contributed by atoms with Crippen molar-refractivity contribution in [2.24, 2.45) is 0 Å². The van der Waals surface area contributed by atoms with Crippen molar-refractivity contribution in [2.75, 3.05) is 19.0 Å². The number of rotatable bonds is 5. The second-order valence-electron chi connectivity index (χ2n) is 4.65. The lowest BCUT2D eigenvalue weighted by Gasteiger charge is -2.23. The van der Waals surface area contributed by atoms with E-state index in [9.17, 15) is 0 Å². The predicted molar refractivity (Wildman–Crippen MR) is 82.8 cm³/mol. The average Bonchev–Trinajstić information content (AvgIpc) is 2.42. The Kier molecular flexibility index (Phi) is 4.83. The molecule has 3 heteroatoms. The number of anilines is 1. The maximum absolute atomic E-state index is 6.12. The van der Waals surface area contributed by atoms with Gasteiger partial charge in [0.2, 0.25) is 0 Å². The summed E-state index contributed by atoms with van der Waals surface area (Å²) in [7, 11) is 4.05. The molecule has 0 saturated carbocycles. The van der Waals surface area contributed by atoms with E-state index in [0.717, 1.165) is 18.1 Å². The lowest BCUT2D eigenvalue weighted by atomic mass is 10.1. The molecule has 0 aliphatic carbocycles. The highest BCUT2D eigenvalue weighted by Crippen LogP contribution is 2.25. The van der Waals surface area contributed by atoms with Gasteiger partial charge in [0.1, 0.15) is 0 Å². The van der Waals surface area contributed by atoms with Crippen LogP contribution in [0.1, 0.15) is 11.1 Å². The molecule has 0 heterocycles. The zero-order valence-corrected chi connectivity index (χ0v) is 12.1. The van der Waals surface area contributed by atoms with Crippen LogP contribution in [0.3, 0.4) is 0 Å². The summed E-state index contributed by atoms with van der Waals surface area (Å²) in [5, 5.41) is 3.97. The molecule has 0 aromatic heterocycles. The molecule has 19 heavy (non-hydrogen) atoms. The van der Waals surface area contributed by atoms with Crippen LogP contribution in [-0.2, 0) is 13.1 Å². The van der Waals surface area contributed by atoms with E-state index >= 15 is 0 Å². The molecule has 0 fully saturated rings. The number of nitrogens with zero attached hydrogens (tertiary/aromatic N) is 1. The Bertz CT molecular complexity index is 526. The van der Waals surface area contributed by atoms with E-state index in [-0.39, 0.29) is 0 Å². The summed E-state index contributed by atoms with van der Waals surface area (Å²) in [5.41, 5.74) is 3.72. The Balaban J connectivity index is 2.22. The van der Waals surface area contributed by atoms with Crippen LogP contribution >= 0.6 is 11.6 Å². The van der Waals surface area contributed by atoms with Crippen molar-refractivity contribution < 1.29 is 0 Å². The zero-order valence-electron chi connectivity index (χ0n) is 11.4. The molecular formula is C16H19ClN2. The Hall–Kier alpha value is -1.51. The quantitative estimate of drug-likeness (QED) is 0.894. The van der Waals surface area contributed by atoms with Crippen molar-refractivity contribution in [3.63, 3.8) is 0 Å². The molecule has 0 unspecified atom stereocenters. The molecule has 2 rings (SSSR count). The van der Waals surface area contributed by atoms with E-state index in [0.29, 0.717) is 0 Å². The first-order valence-corrected chi connectivity index (χ1v) is 6.76. The molecule has 0 atom stereocenters. The molecule has 0 aliphatic heterocycles. The van der Waals surface area contributed by atoms with E-state index in [1.165, 1.54) is 16.8 Å². The average molecular weight is 275 g/mol. The highest BCUT2D eigenvalue weighted by molar-refractivity contribution is 6.30. The van der Waals surface area contributed by atoms with Crippen molar-refractivity contribution in [2.45, 2.75) is 13.1 Å². The van der Waals surface area contributed by atoms with Gasteiger partial charge in [-0.15, -0.1) is 0 Å². The molecule has 0 amide bonds. The van der Waals surface area contributed by atoms with Crippen molar-refractivity contribution >= 4 is 17.3 Å². The van der Waals surface area contributed by atoms with Crippen LogP contribution in [0.15, 0.2) is 48.5 Å². The first kappa shape index (κ1) is 13.9. The summed E-state index contributed by atoms with van der Waals surface area (Å²) in [4.78, 5) is 2.23. The van der Waals surface area contributed by atoms with Gasteiger partial charge in [0.15, 0.2) is 0 Å². The van der Waals surface area contributed by atoms with Crippen LogP contribution in [0.4, 0.5) is 5.69 Å². The second kappa shape index (κ2) is 6.60. The highest BCUT2D eigenvalue weighted by atomic mass is 35.5. The lowest BCUT2D eigenvalue weighted by Crippen LogP contribution is -2.19. The molecule has 2 nitrogen and oxygen atoms in total. The lowest BCUT2D eigenvalue weighted by molar-refractivity contribution is 0.805. The summed E-state index contributed by atoms with van der Waals surface area (Å²) in [5.74, 6) is 0. The summed E-state index contributed by atoms with van der Waals surface area (Å²) in [6, 6.07) is 16.5. The summed E-state index contributed by atoms with van der Waals surface area (Å²) >= 11 is 6.12. The predicted octanol–water partition coefficient (Wildman–Crippen LogP) is 3.70. The van der Waals surface area contributed by atoms with Crippen LogP contribution < -0.4 is 10.2 Å². The monoisotopic (exact) mass is 274 g/mol. The van der Waals surface area contributed by atoms with E-state index in [1.807, 2.05) is 25.2 Å². The van der Waals surface area contributed by atoms with E-state index < -0.39 is 0 Å². The van der Waals surface area contributed by atoms with Gasteiger partial charge in [-0.05, 0) is 30.3 Å². The Morgan fingerprint density at radius 3 is 2.53 bits per heavy atom. The molecular weight excluding hydrogens is 256 g/mol. The molecule has 2 aromatic rings. The molecule has 0 spiro atoms. The van der Waals surface area contributed by atoms with Gasteiger partial charge < -0.3 is 10.2 Å². The van der Waals surface area contributed by atoms with Crippen molar-refractivity contribution in [1.82, 2.24) is 5.32 Å². The van der Waals surface area contributed by atoms with E-state index in [1.54, 1.807) is 0 Å². The fourth-order valence-electron chi connectivity index (χ4n) is 2.17. The molecule has 0 radical (unpaired) electrons. The van der Waals surface area contributed by atoms with Gasteiger partial charge in [-0.25, -0.2) is 0 Å². The zero-order chi connectivity index (χ0) is 13.7. The van der Waals surface area contributed by atoms with Gasteiger partial charge in [0.25, 0.3) is 0 Å². The fourth-order valence-corrected chi connectivity index (χ4v) is 2.34. The first-order chi connectivity index (χ1) is 9.20. The third-order valence-electron chi connectivity index (χ3n) is 3.09. The van der Waals surface area contributed by atoms with Crippen LogP contribution in [0.2, 0.25) is 5.02 Å². The van der Waals surface area contributed by atoms with Gasteiger partial charge in [-0.3, -0.25) is 0 Å². The van der Waals surface area contributed by atoms with Crippen LogP contribution in [0.5, 0.6) is 0 Å². The Morgan fingerprint density at radius 2 is 1.84 bits per heavy atom. The summed E-state index contributed by atoms with van der Waals surface area (Å²) in [6.07, 6.45) is 0. The van der Waals surface area contributed by atoms with Crippen LogP contribution in [-0.4, -0.2) is 14.1 Å². The number of halogens is 1. The van der Waals surface area contributed by atoms with E-state index in [2.05, 4.69) is 47.6 Å². The topological polar surface area (TPSA) is 15.3 Å². The Morgan fingerprint density at radius 1 is 1.11 bits per heavy atom. The second-order valence-corrected chi connectivity index (χ2v) is 5.08. The third kappa shape index (κ3) is 3.72. The molecule has 0 saturated heterocycles. The van der Waals surface area contributed by atoms with Crippen LogP contribution in [0, 0.1) is 0 Å². The number of nitrogens with one attached hydrogen (secondary N) is 1. The van der Waals surface area contributed by atoms with Gasteiger partial charge in [-0.2, -0.15) is 0 Å². The third-order valence-corrected chi connectivity index (χ3v) is 3.32. The minimum absolute atomic E-state index is 0.773. The van der Waals surface area contributed by atoms with Crippen molar-refractivity contribution in [3.05, 3.63) is 64.7 Å². The van der Waals surface area contributed by atoms with Crippen LogP contribution in [0.25, 0.3) is 0 Å². The fraction of sp³-hybridized carbons (Fsp3) is 0.250. The largest absolute Gasteiger partial charge is 0.370 e. The van der Waals surface area contributed by atoms with Crippen molar-refractivity contribution in [3.8, 4) is 0 Å². The van der Waals surface area contributed by atoms with Gasteiger partial charge >= 0.3 is 0 Å². The molecule has 0 bridgehead atoms. The smallest absolute Gasteiger partial charge is 0.0427 e. The maximum Gasteiger partial charge on any atom is 0.0427 e. The highest BCUT2D eigenvalue weighted by Gasteiger charge is 2.08. The van der Waals surface area contributed by atoms with Crippen molar-refractivity contribution in [1.29, 1.82) is 0 Å². The summed E-state index contributed by atoms with van der Waals surface area (Å²) in [6.45, 7) is 1.71. The minimum atomic E-state index is 0.773. The summed E-state index contributed by atoms with van der Waals surface area (Å²) < 4.78 is 0. The maximum atomic E-state index is 6.12. The Labute approximate surface area is 120 Å². The molecule has 1 N–H and O–H groups in total. The minimum Gasteiger partial charge on any atom is -0.370 e. The van der Waals surface area contributed by atoms with Gasteiger partial charge in [0.05, 0.1) is 0 Å². The molecule has 2 aromatic carbocycles. The number of hydrogen-bond donors (Lipinski definition) is 1. The van der Waals surface area contributed by atoms with E-state index in [4.69, 9.17) is 11.6 Å². The number of hydrogen-bond acceptors (Lipinski definition) is 2. The van der Waals surface area contributed by atoms with Gasteiger partial charge in [0, 0.05) is 30.8 Å². The molecule has 0 aliphatic rings. The standard InChI is InChI=1S/C16H19ClN2/c1-18-11-14-8-9-15(17)10-16(14)19(2)12-13-6-4-3-5-7-13/h3-10,18H,11-12H2,1-2H3. The first-order valence-electron chi connectivity index (χ1n) is 6.39.